The van der Waals surface area contributed by atoms with E-state index >= 15 is 0 Å². The normalized spacial score (nSPS) is 15.0. The third-order valence-electron chi connectivity index (χ3n) is 3.50. The Labute approximate surface area is 115 Å². The Balaban J connectivity index is 2.01. The van der Waals surface area contributed by atoms with Crippen molar-refractivity contribution < 1.29 is 0 Å². The summed E-state index contributed by atoms with van der Waals surface area (Å²) in [6.07, 6.45) is 6.07. The van der Waals surface area contributed by atoms with E-state index in [0.717, 1.165) is 21.9 Å². The average Bonchev–Trinajstić information content (AvgIpc) is 3.20. The first kappa shape index (κ1) is 11.0. The second kappa shape index (κ2) is 4.07. The molecular formula is C15H12ClN3. The first-order valence-corrected chi connectivity index (χ1v) is 6.78. The lowest BCUT2D eigenvalue weighted by Gasteiger charge is -2.07. The molecule has 4 heteroatoms. The molecule has 0 bridgehead atoms. The molecule has 0 atom stereocenters. The summed E-state index contributed by atoms with van der Waals surface area (Å²) < 4.78 is 2.33. The van der Waals surface area contributed by atoms with E-state index in [9.17, 15) is 0 Å². The SMILES string of the molecule is Clc1ccc2c(c1)nc(-c1ccncc1)n2C1CC1. The smallest absolute Gasteiger partial charge is 0.141 e. The van der Waals surface area contributed by atoms with Crippen molar-refractivity contribution in [1.29, 1.82) is 0 Å². The van der Waals surface area contributed by atoms with Gasteiger partial charge in [0, 0.05) is 29.0 Å². The van der Waals surface area contributed by atoms with Crippen LogP contribution in [0.15, 0.2) is 42.7 Å². The Bertz CT molecular complexity index is 745. The number of rotatable bonds is 2. The van der Waals surface area contributed by atoms with Gasteiger partial charge >= 0.3 is 0 Å². The molecule has 1 saturated carbocycles. The van der Waals surface area contributed by atoms with E-state index < -0.39 is 0 Å². The van der Waals surface area contributed by atoms with Crippen molar-refractivity contribution >= 4 is 22.6 Å². The van der Waals surface area contributed by atoms with Gasteiger partial charge in [-0.3, -0.25) is 4.98 Å². The summed E-state index contributed by atoms with van der Waals surface area (Å²) in [7, 11) is 0. The molecule has 1 aliphatic carbocycles. The molecule has 2 aromatic heterocycles. The molecular weight excluding hydrogens is 258 g/mol. The third kappa shape index (κ3) is 1.81. The molecule has 0 amide bonds. The van der Waals surface area contributed by atoms with Gasteiger partial charge in [0.25, 0.3) is 0 Å². The number of nitrogens with zero attached hydrogens (tertiary/aromatic N) is 3. The lowest BCUT2D eigenvalue weighted by Crippen LogP contribution is -1.97. The van der Waals surface area contributed by atoms with Crippen molar-refractivity contribution in [2.45, 2.75) is 18.9 Å². The van der Waals surface area contributed by atoms with Crippen molar-refractivity contribution in [2.24, 2.45) is 0 Å². The van der Waals surface area contributed by atoms with Crippen LogP contribution in [0.2, 0.25) is 5.02 Å². The molecule has 3 aromatic rings. The standard InChI is InChI=1S/C15H12ClN3/c16-11-1-4-14-13(9-11)18-15(19(14)12-2-3-12)10-5-7-17-8-6-10/h1,4-9,12H,2-3H2. The summed E-state index contributed by atoms with van der Waals surface area (Å²) in [5.74, 6) is 1.02. The Kier molecular flexibility index (Phi) is 2.35. The maximum atomic E-state index is 6.06. The van der Waals surface area contributed by atoms with Crippen LogP contribution < -0.4 is 0 Å². The number of hydrogen-bond acceptors (Lipinski definition) is 2. The lowest BCUT2D eigenvalue weighted by atomic mass is 10.2. The minimum absolute atomic E-state index is 0.578. The number of hydrogen-bond donors (Lipinski definition) is 0. The predicted octanol–water partition coefficient (Wildman–Crippen LogP) is 4.09. The summed E-state index contributed by atoms with van der Waals surface area (Å²) in [5, 5.41) is 0.731. The maximum absolute atomic E-state index is 6.06. The first-order valence-electron chi connectivity index (χ1n) is 6.41. The van der Waals surface area contributed by atoms with E-state index in [1.165, 1.54) is 18.4 Å². The molecule has 1 aromatic carbocycles. The van der Waals surface area contributed by atoms with Gasteiger partial charge in [-0.15, -0.1) is 0 Å². The number of benzene rings is 1. The van der Waals surface area contributed by atoms with Gasteiger partial charge in [0.05, 0.1) is 11.0 Å². The van der Waals surface area contributed by atoms with Crippen molar-refractivity contribution in [3.8, 4) is 11.4 Å². The van der Waals surface area contributed by atoms with Crippen LogP contribution >= 0.6 is 11.6 Å². The largest absolute Gasteiger partial charge is 0.321 e. The van der Waals surface area contributed by atoms with Crippen LogP contribution in [0.25, 0.3) is 22.4 Å². The van der Waals surface area contributed by atoms with Gasteiger partial charge < -0.3 is 4.57 Å². The molecule has 2 heterocycles. The molecule has 4 rings (SSSR count). The van der Waals surface area contributed by atoms with E-state index in [1.54, 1.807) is 12.4 Å². The quantitative estimate of drug-likeness (QED) is 0.702. The topological polar surface area (TPSA) is 30.7 Å². The van der Waals surface area contributed by atoms with E-state index in [4.69, 9.17) is 16.6 Å². The number of aromatic nitrogens is 3. The summed E-state index contributed by atoms with van der Waals surface area (Å²) in [6, 6.07) is 10.5. The summed E-state index contributed by atoms with van der Waals surface area (Å²) in [5.41, 5.74) is 3.24. The maximum Gasteiger partial charge on any atom is 0.141 e. The summed E-state index contributed by atoms with van der Waals surface area (Å²) >= 11 is 6.06. The van der Waals surface area contributed by atoms with Crippen molar-refractivity contribution in [2.75, 3.05) is 0 Å². The molecule has 94 valence electrons. The van der Waals surface area contributed by atoms with Gasteiger partial charge in [0.2, 0.25) is 0 Å². The number of fused-ring (bicyclic) bond motifs is 1. The highest BCUT2D eigenvalue weighted by atomic mass is 35.5. The van der Waals surface area contributed by atoms with Crippen LogP contribution in [0, 0.1) is 0 Å². The molecule has 0 radical (unpaired) electrons. The van der Waals surface area contributed by atoms with Gasteiger partial charge in [-0.2, -0.15) is 0 Å². The second-order valence-electron chi connectivity index (χ2n) is 4.91. The highest BCUT2D eigenvalue weighted by Crippen LogP contribution is 2.41. The van der Waals surface area contributed by atoms with Crippen LogP contribution in [0.5, 0.6) is 0 Å². The summed E-state index contributed by atoms with van der Waals surface area (Å²) in [4.78, 5) is 8.83. The number of halogens is 1. The molecule has 0 N–H and O–H groups in total. The van der Waals surface area contributed by atoms with Crippen molar-refractivity contribution in [3.05, 3.63) is 47.7 Å². The lowest BCUT2D eigenvalue weighted by molar-refractivity contribution is 0.775. The van der Waals surface area contributed by atoms with E-state index in [-0.39, 0.29) is 0 Å². The molecule has 1 aliphatic rings. The van der Waals surface area contributed by atoms with Gasteiger partial charge in [-0.1, -0.05) is 11.6 Å². The Morgan fingerprint density at radius 2 is 1.89 bits per heavy atom. The minimum atomic E-state index is 0.578. The molecule has 0 saturated heterocycles. The van der Waals surface area contributed by atoms with Crippen LogP contribution in [0.3, 0.4) is 0 Å². The molecule has 0 unspecified atom stereocenters. The fraction of sp³-hybridized carbons (Fsp3) is 0.200. The molecule has 1 fully saturated rings. The zero-order valence-corrected chi connectivity index (χ0v) is 11.0. The van der Waals surface area contributed by atoms with E-state index in [1.807, 2.05) is 24.3 Å². The van der Waals surface area contributed by atoms with Crippen LogP contribution in [-0.2, 0) is 0 Å². The molecule has 0 spiro atoms. The molecule has 0 aliphatic heterocycles. The average molecular weight is 270 g/mol. The monoisotopic (exact) mass is 269 g/mol. The Morgan fingerprint density at radius 1 is 1.11 bits per heavy atom. The first-order chi connectivity index (χ1) is 9.33. The van der Waals surface area contributed by atoms with Crippen molar-refractivity contribution in [1.82, 2.24) is 14.5 Å². The highest BCUT2D eigenvalue weighted by molar-refractivity contribution is 6.31. The molecule has 3 nitrogen and oxygen atoms in total. The van der Waals surface area contributed by atoms with Gasteiger partial charge in [-0.05, 0) is 43.2 Å². The second-order valence-corrected chi connectivity index (χ2v) is 5.34. The minimum Gasteiger partial charge on any atom is -0.321 e. The summed E-state index contributed by atoms with van der Waals surface area (Å²) in [6.45, 7) is 0. The zero-order chi connectivity index (χ0) is 12.8. The number of pyridine rings is 1. The predicted molar refractivity (Wildman–Crippen MR) is 76.2 cm³/mol. The Hall–Kier alpha value is -1.87. The van der Waals surface area contributed by atoms with E-state index in [2.05, 4.69) is 15.6 Å². The number of imidazole rings is 1. The van der Waals surface area contributed by atoms with Crippen molar-refractivity contribution in [3.63, 3.8) is 0 Å². The van der Waals surface area contributed by atoms with Crippen LogP contribution in [0.1, 0.15) is 18.9 Å². The fourth-order valence-electron chi connectivity index (χ4n) is 2.48. The fourth-order valence-corrected chi connectivity index (χ4v) is 2.65. The van der Waals surface area contributed by atoms with Gasteiger partial charge in [0.15, 0.2) is 0 Å². The van der Waals surface area contributed by atoms with Crippen LogP contribution in [-0.4, -0.2) is 14.5 Å². The van der Waals surface area contributed by atoms with E-state index in [0.29, 0.717) is 6.04 Å². The highest BCUT2D eigenvalue weighted by Gasteiger charge is 2.28. The third-order valence-corrected chi connectivity index (χ3v) is 3.74. The zero-order valence-electron chi connectivity index (χ0n) is 10.3. The van der Waals surface area contributed by atoms with Gasteiger partial charge in [0.1, 0.15) is 5.82 Å². The van der Waals surface area contributed by atoms with Gasteiger partial charge in [-0.25, -0.2) is 4.98 Å². The molecule has 19 heavy (non-hydrogen) atoms. The Morgan fingerprint density at radius 3 is 2.63 bits per heavy atom. The van der Waals surface area contributed by atoms with Crippen LogP contribution in [0.4, 0.5) is 0 Å².